The Balaban J connectivity index is 1.35. The van der Waals surface area contributed by atoms with Gasteiger partial charge in [0.1, 0.15) is 29.2 Å². The average Bonchev–Trinajstić information content (AvgIpc) is 3.28. The number of halogens is 1. The highest BCUT2D eigenvalue weighted by atomic mass is 19.1. The van der Waals surface area contributed by atoms with Crippen LogP contribution in [0.25, 0.3) is 33.6 Å². The Morgan fingerprint density at radius 3 is 2.62 bits per heavy atom. The molecule has 0 radical (unpaired) electrons. The first-order valence-electron chi connectivity index (χ1n) is 9.63. The van der Waals surface area contributed by atoms with Gasteiger partial charge in [0, 0.05) is 11.6 Å². The predicted molar refractivity (Wildman–Crippen MR) is 114 cm³/mol. The number of phenols is 1. The largest absolute Gasteiger partial charge is 0.508 e. The van der Waals surface area contributed by atoms with Crippen LogP contribution in [0.5, 0.6) is 11.5 Å². The third kappa shape index (κ3) is 3.81. The van der Waals surface area contributed by atoms with E-state index in [-0.39, 0.29) is 29.6 Å². The Morgan fingerprint density at radius 2 is 1.81 bits per heavy atom. The third-order valence-corrected chi connectivity index (χ3v) is 4.83. The molecule has 0 atom stereocenters. The Morgan fingerprint density at radius 1 is 0.969 bits per heavy atom. The molecule has 0 unspecified atom stereocenters. The predicted octanol–water partition coefficient (Wildman–Crippen LogP) is 4.93. The van der Waals surface area contributed by atoms with Crippen molar-refractivity contribution in [3.63, 3.8) is 0 Å². The van der Waals surface area contributed by atoms with E-state index in [4.69, 9.17) is 13.6 Å². The Kier molecular flexibility index (Phi) is 4.87. The lowest BCUT2D eigenvalue weighted by Crippen LogP contribution is -2.05. The molecule has 2 heterocycles. The topological polar surface area (TPSA) is 98.6 Å². The summed E-state index contributed by atoms with van der Waals surface area (Å²) in [6, 6.07) is 17.0. The van der Waals surface area contributed by atoms with Gasteiger partial charge in [0.15, 0.2) is 12.0 Å². The molecule has 0 amide bonds. The van der Waals surface area contributed by atoms with Crippen molar-refractivity contribution in [2.24, 2.45) is 0 Å². The molecule has 0 saturated heterocycles. The Bertz CT molecular complexity index is 1470. The number of phenolic OH excluding ortho intramolecular Hbond substituents is 1. The molecule has 2 aromatic heterocycles. The van der Waals surface area contributed by atoms with Gasteiger partial charge in [-0.05, 0) is 48.0 Å². The summed E-state index contributed by atoms with van der Waals surface area (Å²) in [7, 11) is 0. The van der Waals surface area contributed by atoms with Crippen LogP contribution in [0.2, 0.25) is 0 Å². The summed E-state index contributed by atoms with van der Waals surface area (Å²) in [4.78, 5) is 12.8. The van der Waals surface area contributed by atoms with E-state index < -0.39 is 5.82 Å². The molecule has 32 heavy (non-hydrogen) atoms. The minimum atomic E-state index is -0.398. The molecule has 0 fully saturated rings. The lowest BCUT2D eigenvalue weighted by atomic mass is 10.1. The minimum absolute atomic E-state index is 0.0103. The van der Waals surface area contributed by atoms with Gasteiger partial charge < -0.3 is 18.7 Å². The van der Waals surface area contributed by atoms with Crippen molar-refractivity contribution < 1.29 is 23.1 Å². The van der Waals surface area contributed by atoms with Crippen molar-refractivity contribution in [2.45, 2.75) is 6.61 Å². The molecule has 5 rings (SSSR count). The molecule has 8 heteroatoms. The normalized spacial score (nSPS) is 11.0. The fourth-order valence-corrected chi connectivity index (χ4v) is 3.23. The first kappa shape index (κ1) is 19.5. The monoisotopic (exact) mass is 430 g/mol. The molecule has 0 aliphatic rings. The number of aromatic nitrogens is 2. The number of nitrogens with zero attached hydrogens (tertiary/aromatic N) is 2. The smallest absolute Gasteiger partial charge is 0.254 e. The number of fused-ring (bicyclic) bond motifs is 1. The number of aromatic hydroxyl groups is 1. The van der Waals surface area contributed by atoms with Crippen LogP contribution in [-0.4, -0.2) is 15.3 Å². The molecule has 158 valence electrons. The molecule has 0 saturated carbocycles. The number of rotatable bonds is 5. The van der Waals surface area contributed by atoms with Gasteiger partial charge in [0.2, 0.25) is 5.89 Å². The lowest BCUT2D eigenvalue weighted by molar-refractivity contribution is 0.264. The van der Waals surface area contributed by atoms with Gasteiger partial charge in [-0.2, -0.15) is 0 Å². The van der Waals surface area contributed by atoms with E-state index in [9.17, 15) is 14.3 Å². The maximum Gasteiger partial charge on any atom is 0.254 e. The van der Waals surface area contributed by atoms with Crippen LogP contribution in [0.1, 0.15) is 5.89 Å². The maximum absolute atomic E-state index is 13.4. The second-order valence-electron chi connectivity index (χ2n) is 6.98. The van der Waals surface area contributed by atoms with Gasteiger partial charge in [-0.25, -0.2) is 4.39 Å². The summed E-state index contributed by atoms with van der Waals surface area (Å²) >= 11 is 0. The SMILES string of the molecule is O=c1c(-c2ccc(O)cc2)coc2cc(OCc3nnc(-c4cccc(F)c4)o3)ccc12. The van der Waals surface area contributed by atoms with Gasteiger partial charge in [-0.1, -0.05) is 18.2 Å². The Hall–Kier alpha value is -4.46. The van der Waals surface area contributed by atoms with Crippen molar-refractivity contribution in [3.05, 3.63) is 94.9 Å². The fourth-order valence-electron chi connectivity index (χ4n) is 3.23. The molecule has 5 aromatic rings. The zero-order valence-electron chi connectivity index (χ0n) is 16.5. The van der Waals surface area contributed by atoms with Crippen LogP contribution in [0.3, 0.4) is 0 Å². The van der Waals surface area contributed by atoms with Gasteiger partial charge in [0.05, 0.1) is 10.9 Å². The van der Waals surface area contributed by atoms with Gasteiger partial charge in [-0.15, -0.1) is 10.2 Å². The Labute approximate surface area is 180 Å². The van der Waals surface area contributed by atoms with Crippen molar-refractivity contribution in [3.8, 4) is 34.1 Å². The number of hydrogen-bond acceptors (Lipinski definition) is 7. The van der Waals surface area contributed by atoms with E-state index in [1.807, 2.05) is 0 Å². The summed E-state index contributed by atoms with van der Waals surface area (Å²) in [5.41, 5.74) is 1.67. The summed E-state index contributed by atoms with van der Waals surface area (Å²) in [5.74, 6) is 0.570. The minimum Gasteiger partial charge on any atom is -0.508 e. The van der Waals surface area contributed by atoms with Crippen LogP contribution >= 0.6 is 0 Å². The van der Waals surface area contributed by atoms with Crippen LogP contribution < -0.4 is 10.2 Å². The molecule has 0 bridgehead atoms. The number of ether oxygens (including phenoxy) is 1. The zero-order chi connectivity index (χ0) is 22.1. The highest BCUT2D eigenvalue weighted by Gasteiger charge is 2.12. The molecular weight excluding hydrogens is 415 g/mol. The molecule has 3 aromatic carbocycles. The first-order valence-corrected chi connectivity index (χ1v) is 9.63. The lowest BCUT2D eigenvalue weighted by Gasteiger charge is -2.06. The summed E-state index contributed by atoms with van der Waals surface area (Å²) in [5, 5.41) is 17.6. The quantitative estimate of drug-likeness (QED) is 0.422. The summed E-state index contributed by atoms with van der Waals surface area (Å²) < 4.78 is 30.2. The van der Waals surface area contributed by atoms with Crippen LogP contribution in [0, 0.1) is 5.82 Å². The van der Waals surface area contributed by atoms with Crippen molar-refractivity contribution in [1.29, 1.82) is 0 Å². The number of hydrogen-bond donors (Lipinski definition) is 1. The van der Waals surface area contributed by atoms with Gasteiger partial charge in [0.25, 0.3) is 5.89 Å². The fraction of sp³-hybridized carbons (Fsp3) is 0.0417. The van der Waals surface area contributed by atoms with E-state index in [2.05, 4.69) is 10.2 Å². The van der Waals surface area contributed by atoms with Gasteiger partial charge >= 0.3 is 0 Å². The molecular formula is C24H15FN2O5. The maximum atomic E-state index is 13.4. The van der Waals surface area contributed by atoms with E-state index in [1.165, 1.54) is 30.5 Å². The molecule has 0 spiro atoms. The molecule has 7 nitrogen and oxygen atoms in total. The van der Waals surface area contributed by atoms with Crippen LogP contribution in [0.4, 0.5) is 4.39 Å². The molecule has 0 aliphatic carbocycles. The molecule has 1 N–H and O–H groups in total. The second-order valence-corrected chi connectivity index (χ2v) is 6.98. The number of benzene rings is 3. The van der Waals surface area contributed by atoms with E-state index in [1.54, 1.807) is 42.5 Å². The second kappa shape index (κ2) is 7.99. The van der Waals surface area contributed by atoms with Crippen LogP contribution in [-0.2, 0) is 6.61 Å². The van der Waals surface area contributed by atoms with E-state index in [0.717, 1.165) is 0 Å². The summed E-state index contributed by atoms with van der Waals surface area (Å²) in [6.45, 7) is -0.0103. The van der Waals surface area contributed by atoms with E-state index >= 15 is 0 Å². The standard InChI is InChI=1S/C24H15FN2O5/c25-16-3-1-2-15(10-16)24-27-26-22(32-24)13-30-18-8-9-19-21(11-18)31-12-20(23(19)29)14-4-6-17(28)7-5-14/h1-12,28H,13H2. The highest BCUT2D eigenvalue weighted by Crippen LogP contribution is 2.25. The summed E-state index contributed by atoms with van der Waals surface area (Å²) in [6.07, 6.45) is 1.38. The molecule has 0 aliphatic heterocycles. The third-order valence-electron chi connectivity index (χ3n) is 4.83. The van der Waals surface area contributed by atoms with Crippen LogP contribution in [0.15, 0.2) is 86.6 Å². The van der Waals surface area contributed by atoms with Crippen molar-refractivity contribution in [1.82, 2.24) is 10.2 Å². The van der Waals surface area contributed by atoms with Gasteiger partial charge in [-0.3, -0.25) is 4.79 Å². The van der Waals surface area contributed by atoms with Crippen molar-refractivity contribution in [2.75, 3.05) is 0 Å². The highest BCUT2D eigenvalue weighted by molar-refractivity contribution is 5.82. The first-order chi connectivity index (χ1) is 15.6. The zero-order valence-corrected chi connectivity index (χ0v) is 16.5. The van der Waals surface area contributed by atoms with E-state index in [0.29, 0.717) is 33.4 Å². The van der Waals surface area contributed by atoms with Crippen molar-refractivity contribution >= 4 is 11.0 Å². The average molecular weight is 430 g/mol.